The van der Waals surface area contributed by atoms with Crippen molar-refractivity contribution < 1.29 is 4.79 Å². The number of primary amides is 1. The molecule has 0 aliphatic carbocycles. The number of hydrogen-bond donors (Lipinski definition) is 2. The second-order valence-electron chi connectivity index (χ2n) is 5.57. The Bertz CT molecular complexity index is 1010. The fraction of sp³-hybridized carbons (Fsp3) is 0. The van der Waals surface area contributed by atoms with Crippen LogP contribution in [0.15, 0.2) is 85.2 Å². The van der Waals surface area contributed by atoms with Crippen molar-refractivity contribution in [3.8, 4) is 0 Å². The van der Waals surface area contributed by atoms with E-state index in [2.05, 4.69) is 29.5 Å². The van der Waals surface area contributed by atoms with E-state index in [1.165, 1.54) is 0 Å². The van der Waals surface area contributed by atoms with Crippen molar-refractivity contribution in [2.75, 3.05) is 0 Å². The summed E-state index contributed by atoms with van der Waals surface area (Å²) < 4.78 is 0. The lowest BCUT2D eigenvalue weighted by Crippen LogP contribution is -2.22. The number of allylic oxidation sites excluding steroid dienone is 4. The minimum atomic E-state index is -0.953. The molecule has 130 valence electrons. The third-order valence-electron chi connectivity index (χ3n) is 3.85. The van der Waals surface area contributed by atoms with Crippen LogP contribution in [0.2, 0.25) is 5.02 Å². The zero-order valence-corrected chi connectivity index (χ0v) is 15.7. The maximum atomic E-state index is 12.1. The number of nitrogens with one attached hydrogen (secondary N) is 1. The summed E-state index contributed by atoms with van der Waals surface area (Å²) in [7, 11) is -0.953. The summed E-state index contributed by atoms with van der Waals surface area (Å²) in [6.07, 6.45) is 7.46. The first kappa shape index (κ1) is 18.2. The predicted molar refractivity (Wildman–Crippen MR) is 113 cm³/mol. The molecule has 1 heterocycles. The zero-order valence-electron chi connectivity index (χ0n) is 14.0. The van der Waals surface area contributed by atoms with Crippen molar-refractivity contribution in [2.24, 2.45) is 5.73 Å². The van der Waals surface area contributed by atoms with Gasteiger partial charge in [0.2, 0.25) is 0 Å². The van der Waals surface area contributed by atoms with Gasteiger partial charge in [-0.05, 0) is 31.4 Å². The smallest absolute Gasteiger partial charge is 0.265 e. The average Bonchev–Trinajstić information content (AvgIpc) is 3.01. The van der Waals surface area contributed by atoms with Gasteiger partial charge in [-0.25, -0.2) is 0 Å². The van der Waals surface area contributed by atoms with Gasteiger partial charge in [-0.1, -0.05) is 78.6 Å². The summed E-state index contributed by atoms with van der Waals surface area (Å²) in [6, 6.07) is 15.6. The number of aromatic amines is 1. The molecule has 0 radical (unpaired) electrons. The molecule has 3 nitrogen and oxygen atoms in total. The van der Waals surface area contributed by atoms with Crippen LogP contribution < -0.4 is 16.3 Å². The van der Waals surface area contributed by atoms with E-state index in [0.717, 1.165) is 21.5 Å². The number of carbonyl (C=O) groups is 1. The van der Waals surface area contributed by atoms with Crippen LogP contribution in [-0.4, -0.2) is 10.9 Å². The first-order valence-electron chi connectivity index (χ1n) is 8.03. The highest BCUT2D eigenvalue weighted by atomic mass is 35.5. The van der Waals surface area contributed by atoms with Gasteiger partial charge in [0.05, 0.1) is 0 Å². The van der Waals surface area contributed by atoms with E-state index < -0.39 is 13.8 Å². The van der Waals surface area contributed by atoms with Gasteiger partial charge in [0.25, 0.3) is 5.91 Å². The molecule has 0 saturated carbocycles. The number of H-pyrrole nitrogens is 1. The molecule has 3 rings (SSSR count). The fourth-order valence-corrected chi connectivity index (χ4v) is 5.10. The van der Waals surface area contributed by atoms with Crippen LogP contribution in [0, 0.1) is 0 Å². The van der Waals surface area contributed by atoms with Crippen LogP contribution in [0.3, 0.4) is 0 Å². The Morgan fingerprint density at radius 1 is 1.12 bits per heavy atom. The number of aromatic nitrogens is 1. The molecule has 2 aromatic carbocycles. The Balaban J connectivity index is 2.25. The standard InChI is InChI=1S/C21H18ClN2OP/c1-2-3-4-8-13-26(16-9-6-5-7-10-16)20-17-14-15(22)11-12-18(17)24-19(20)21(23)25/h2-14,24H,1H2,(H2,23,25)/b4-3-,13-8+. The normalized spacial score (nSPS) is 12.8. The predicted octanol–water partition coefficient (Wildman–Crippen LogP) is 4.61. The molecule has 0 bridgehead atoms. The van der Waals surface area contributed by atoms with Crippen LogP contribution >= 0.6 is 19.5 Å². The number of carbonyl (C=O) groups excluding carboxylic acids is 1. The van der Waals surface area contributed by atoms with Crippen molar-refractivity contribution >= 4 is 46.9 Å². The second kappa shape index (κ2) is 8.18. The third-order valence-corrected chi connectivity index (χ3v) is 6.35. The second-order valence-corrected chi connectivity index (χ2v) is 8.01. The molecule has 1 atom stereocenters. The molecule has 1 unspecified atom stereocenters. The minimum absolute atomic E-state index is 0.426. The molecule has 0 aliphatic rings. The Kier molecular flexibility index (Phi) is 5.72. The van der Waals surface area contributed by atoms with E-state index in [0.29, 0.717) is 10.7 Å². The summed E-state index contributed by atoms with van der Waals surface area (Å²) in [5.74, 6) is 1.62. The molecule has 5 heteroatoms. The molecular formula is C21H18ClN2OP. The SMILES string of the molecule is C=C/C=C\C=C\P(c1ccccc1)c1c(C(N)=O)[nH]c2ccc(Cl)cc12. The molecule has 0 spiro atoms. The third kappa shape index (κ3) is 3.80. The molecule has 3 aromatic rings. The lowest BCUT2D eigenvalue weighted by molar-refractivity contribution is 0.0997. The quantitative estimate of drug-likeness (QED) is 0.476. The first-order valence-corrected chi connectivity index (χ1v) is 9.82. The highest BCUT2D eigenvalue weighted by Crippen LogP contribution is 2.40. The lowest BCUT2D eigenvalue weighted by Gasteiger charge is -2.15. The summed E-state index contributed by atoms with van der Waals surface area (Å²) in [5.41, 5.74) is 6.93. The van der Waals surface area contributed by atoms with Gasteiger partial charge >= 0.3 is 0 Å². The van der Waals surface area contributed by atoms with E-state index in [1.807, 2.05) is 48.6 Å². The van der Waals surface area contributed by atoms with Gasteiger partial charge in [-0.3, -0.25) is 4.79 Å². The molecular weight excluding hydrogens is 363 g/mol. The van der Waals surface area contributed by atoms with Crippen LogP contribution in [0.25, 0.3) is 10.9 Å². The number of fused-ring (bicyclic) bond motifs is 1. The van der Waals surface area contributed by atoms with Crippen LogP contribution in [0.5, 0.6) is 0 Å². The van der Waals surface area contributed by atoms with Crippen LogP contribution in [0.4, 0.5) is 0 Å². The van der Waals surface area contributed by atoms with E-state index in [-0.39, 0.29) is 0 Å². The zero-order chi connectivity index (χ0) is 18.5. The van der Waals surface area contributed by atoms with Gasteiger partial charge in [0.1, 0.15) is 5.69 Å². The Morgan fingerprint density at radius 3 is 2.58 bits per heavy atom. The first-order chi connectivity index (χ1) is 12.6. The summed E-state index contributed by atoms with van der Waals surface area (Å²) in [6.45, 7) is 3.68. The number of nitrogens with two attached hydrogens (primary N) is 1. The fourth-order valence-electron chi connectivity index (χ4n) is 2.74. The Morgan fingerprint density at radius 2 is 1.88 bits per heavy atom. The van der Waals surface area contributed by atoms with E-state index in [1.54, 1.807) is 12.1 Å². The van der Waals surface area contributed by atoms with Gasteiger partial charge < -0.3 is 10.7 Å². The molecule has 1 aromatic heterocycles. The molecule has 1 amide bonds. The van der Waals surface area contributed by atoms with Crippen LogP contribution in [-0.2, 0) is 0 Å². The van der Waals surface area contributed by atoms with Gasteiger partial charge in [-0.15, -0.1) is 0 Å². The highest BCUT2D eigenvalue weighted by Gasteiger charge is 2.23. The maximum Gasteiger partial charge on any atom is 0.265 e. The molecule has 0 aliphatic heterocycles. The van der Waals surface area contributed by atoms with Gasteiger partial charge in [-0.2, -0.15) is 0 Å². The Labute approximate surface area is 158 Å². The monoisotopic (exact) mass is 380 g/mol. The largest absolute Gasteiger partial charge is 0.364 e. The highest BCUT2D eigenvalue weighted by molar-refractivity contribution is 7.76. The number of rotatable bonds is 6. The molecule has 0 saturated heterocycles. The number of amides is 1. The van der Waals surface area contributed by atoms with Crippen molar-refractivity contribution in [1.29, 1.82) is 0 Å². The number of benzene rings is 2. The van der Waals surface area contributed by atoms with E-state index >= 15 is 0 Å². The summed E-state index contributed by atoms with van der Waals surface area (Å²) in [4.78, 5) is 15.3. The molecule has 26 heavy (non-hydrogen) atoms. The molecule has 3 N–H and O–H groups in total. The van der Waals surface area contributed by atoms with E-state index in [9.17, 15) is 4.79 Å². The summed E-state index contributed by atoms with van der Waals surface area (Å²) >= 11 is 6.21. The van der Waals surface area contributed by atoms with Crippen LogP contribution in [0.1, 0.15) is 10.5 Å². The van der Waals surface area contributed by atoms with Crippen molar-refractivity contribution in [3.63, 3.8) is 0 Å². The number of halogens is 1. The van der Waals surface area contributed by atoms with Gasteiger partial charge in [0, 0.05) is 21.2 Å². The van der Waals surface area contributed by atoms with E-state index in [4.69, 9.17) is 17.3 Å². The maximum absolute atomic E-state index is 12.1. The topological polar surface area (TPSA) is 58.9 Å². The Hall–Kier alpha value is -2.61. The summed E-state index contributed by atoms with van der Waals surface area (Å²) in [5, 5.41) is 3.54. The van der Waals surface area contributed by atoms with Crippen molar-refractivity contribution in [3.05, 3.63) is 95.9 Å². The molecule has 0 fully saturated rings. The van der Waals surface area contributed by atoms with Gasteiger partial charge in [0.15, 0.2) is 0 Å². The number of hydrogen-bond acceptors (Lipinski definition) is 1. The lowest BCUT2D eigenvalue weighted by atomic mass is 10.2. The van der Waals surface area contributed by atoms with Crippen molar-refractivity contribution in [2.45, 2.75) is 0 Å². The average molecular weight is 381 g/mol. The minimum Gasteiger partial charge on any atom is -0.364 e. The van der Waals surface area contributed by atoms with Crippen molar-refractivity contribution in [1.82, 2.24) is 4.98 Å².